The first-order valence-electron chi connectivity index (χ1n) is 14.1. The molecule has 0 bridgehead atoms. The van der Waals surface area contributed by atoms with Crippen molar-refractivity contribution in [1.29, 1.82) is 5.26 Å². The predicted molar refractivity (Wildman–Crippen MR) is 159 cm³/mol. The lowest BCUT2D eigenvalue weighted by molar-refractivity contribution is -0.137. The molecule has 1 atom stereocenters. The molecule has 0 unspecified atom stereocenters. The normalized spacial score (nSPS) is 17.1. The van der Waals surface area contributed by atoms with Gasteiger partial charge in [-0.15, -0.1) is 0 Å². The number of urea groups is 2. The summed E-state index contributed by atoms with van der Waals surface area (Å²) >= 11 is 0. The number of likely N-dealkylation sites (tertiary alicyclic amines) is 1. The van der Waals surface area contributed by atoms with Crippen molar-refractivity contribution in [3.63, 3.8) is 0 Å². The maximum absolute atomic E-state index is 13.9. The van der Waals surface area contributed by atoms with Gasteiger partial charge in [-0.2, -0.15) is 18.4 Å². The van der Waals surface area contributed by atoms with Gasteiger partial charge in [0, 0.05) is 32.3 Å². The number of anilines is 1. The summed E-state index contributed by atoms with van der Waals surface area (Å²) in [5, 5.41) is 12.0. The fourth-order valence-electron chi connectivity index (χ4n) is 5.64. The summed E-state index contributed by atoms with van der Waals surface area (Å²) in [4.78, 5) is 43.0. The Bertz CT molecular complexity index is 1680. The molecule has 0 saturated carbocycles. The first kappa shape index (κ1) is 30.4. The number of carbonyl (C=O) groups is 3. The van der Waals surface area contributed by atoms with Crippen molar-refractivity contribution >= 4 is 29.2 Å². The number of alkyl halides is 3. The molecular formula is C33H30F3N5O3. The van der Waals surface area contributed by atoms with Crippen LogP contribution in [0, 0.1) is 17.2 Å². The minimum absolute atomic E-state index is 0.0103. The van der Waals surface area contributed by atoms with E-state index in [0.717, 1.165) is 33.1 Å². The zero-order valence-electron chi connectivity index (χ0n) is 24.2. The highest BCUT2D eigenvalue weighted by molar-refractivity contribution is 6.09. The molecule has 0 radical (unpaired) electrons. The van der Waals surface area contributed by atoms with Gasteiger partial charge in [-0.3, -0.25) is 9.69 Å². The Morgan fingerprint density at radius 1 is 1.02 bits per heavy atom. The maximum atomic E-state index is 13.9. The molecule has 8 nitrogen and oxygen atoms in total. The second-order valence-corrected chi connectivity index (χ2v) is 10.9. The van der Waals surface area contributed by atoms with Crippen LogP contribution in [0.15, 0.2) is 78.5 Å². The van der Waals surface area contributed by atoms with Gasteiger partial charge in [0.25, 0.3) is 0 Å². The topological polar surface area (TPSA) is 96.8 Å². The molecule has 0 spiro atoms. The molecule has 226 valence electrons. The van der Waals surface area contributed by atoms with Gasteiger partial charge < -0.3 is 10.2 Å². The van der Waals surface area contributed by atoms with Crippen LogP contribution in [0.1, 0.15) is 37.0 Å². The number of hydrogen-bond acceptors (Lipinski definition) is 4. The molecule has 5 rings (SSSR count). The van der Waals surface area contributed by atoms with E-state index in [1.807, 2.05) is 18.2 Å². The number of amides is 5. The average Bonchev–Trinajstić information content (AvgIpc) is 3.50. The molecular weight excluding hydrogens is 571 g/mol. The highest BCUT2D eigenvalue weighted by Gasteiger charge is 2.38. The number of nitrogens with zero attached hydrogens (tertiary/aromatic N) is 4. The number of rotatable bonds is 5. The zero-order valence-corrected chi connectivity index (χ0v) is 24.2. The summed E-state index contributed by atoms with van der Waals surface area (Å²) in [6.07, 6.45) is -3.93. The molecule has 44 heavy (non-hydrogen) atoms. The van der Waals surface area contributed by atoms with Crippen molar-refractivity contribution in [1.82, 2.24) is 15.1 Å². The lowest BCUT2D eigenvalue weighted by Crippen LogP contribution is -2.54. The molecule has 1 N–H and O–H groups in total. The van der Waals surface area contributed by atoms with Crippen molar-refractivity contribution in [3.8, 4) is 17.2 Å². The Hall–Kier alpha value is -5.11. The summed E-state index contributed by atoms with van der Waals surface area (Å²) in [7, 11) is 0. The minimum Gasteiger partial charge on any atom is -0.343 e. The van der Waals surface area contributed by atoms with Crippen LogP contribution in [0.3, 0.4) is 0 Å². The van der Waals surface area contributed by atoms with Gasteiger partial charge in [0.15, 0.2) is 0 Å². The summed E-state index contributed by atoms with van der Waals surface area (Å²) in [5.74, 6) is -0.0379. The standard InChI is InChI=1S/C33H30F3N5O3/c1-21-30(29-9-4-3-8-28(29)25-12-10-23(17-37)11-13-25)20-40(31(43)38-18-24-14-15-39(19-24)22(2)42)32(44)41(21)27-7-5-6-26(16-27)33(34,35)36/h3-13,16,24H,14-15,18-20H2,1-2H3,(H,38,43)/t24-/m1/s1. The smallest absolute Gasteiger partial charge is 0.343 e. The highest BCUT2D eigenvalue weighted by Crippen LogP contribution is 2.38. The van der Waals surface area contributed by atoms with Crippen LogP contribution in [-0.2, 0) is 11.0 Å². The molecule has 1 fully saturated rings. The lowest BCUT2D eigenvalue weighted by Gasteiger charge is -2.37. The first-order valence-corrected chi connectivity index (χ1v) is 14.1. The van der Waals surface area contributed by atoms with Gasteiger partial charge >= 0.3 is 18.2 Å². The van der Waals surface area contributed by atoms with E-state index in [1.54, 1.807) is 42.2 Å². The summed E-state index contributed by atoms with van der Waals surface area (Å²) in [5.41, 5.74) is 2.72. The van der Waals surface area contributed by atoms with E-state index in [1.165, 1.54) is 19.1 Å². The van der Waals surface area contributed by atoms with E-state index >= 15 is 0 Å². The van der Waals surface area contributed by atoms with E-state index in [9.17, 15) is 32.8 Å². The third-order valence-electron chi connectivity index (χ3n) is 8.04. The van der Waals surface area contributed by atoms with Crippen LogP contribution in [0.25, 0.3) is 16.7 Å². The van der Waals surface area contributed by atoms with E-state index in [0.29, 0.717) is 41.9 Å². The second-order valence-electron chi connectivity index (χ2n) is 10.9. The highest BCUT2D eigenvalue weighted by atomic mass is 19.4. The van der Waals surface area contributed by atoms with Crippen molar-refractivity contribution < 1.29 is 27.6 Å². The van der Waals surface area contributed by atoms with Gasteiger partial charge in [0.2, 0.25) is 5.91 Å². The quantitative estimate of drug-likeness (QED) is 0.361. The van der Waals surface area contributed by atoms with Crippen molar-refractivity contribution in [2.45, 2.75) is 26.4 Å². The molecule has 2 heterocycles. The zero-order chi connectivity index (χ0) is 31.6. The lowest BCUT2D eigenvalue weighted by atomic mass is 9.91. The number of halogens is 3. The Morgan fingerprint density at radius 3 is 2.36 bits per heavy atom. The molecule has 5 amide bonds. The summed E-state index contributed by atoms with van der Waals surface area (Å²) in [6, 6.07) is 19.4. The molecule has 2 aliphatic rings. The number of nitriles is 1. The molecule has 3 aromatic carbocycles. The van der Waals surface area contributed by atoms with E-state index in [4.69, 9.17) is 0 Å². The van der Waals surface area contributed by atoms with Gasteiger partial charge in [-0.1, -0.05) is 42.5 Å². The second kappa shape index (κ2) is 12.2. The van der Waals surface area contributed by atoms with Crippen molar-refractivity contribution in [2.24, 2.45) is 5.92 Å². The summed E-state index contributed by atoms with van der Waals surface area (Å²) < 4.78 is 41.0. The Kier molecular flexibility index (Phi) is 8.45. The van der Waals surface area contributed by atoms with Crippen LogP contribution in [0.4, 0.5) is 28.4 Å². The third-order valence-corrected chi connectivity index (χ3v) is 8.04. The third kappa shape index (κ3) is 6.15. The fourth-order valence-corrected chi connectivity index (χ4v) is 5.64. The van der Waals surface area contributed by atoms with Crippen LogP contribution in [0.2, 0.25) is 0 Å². The SMILES string of the molecule is CC(=O)N1CC[C@H](CNC(=O)N2CC(c3ccccc3-c3ccc(C#N)cc3)=C(C)N(c3cccc(C(F)(F)F)c3)C2=O)C1. The molecule has 0 aliphatic carbocycles. The van der Waals surface area contributed by atoms with Gasteiger partial charge in [-0.25, -0.2) is 14.5 Å². The molecule has 3 aromatic rings. The molecule has 1 saturated heterocycles. The fraction of sp³-hybridized carbons (Fsp3) is 0.273. The maximum Gasteiger partial charge on any atom is 0.416 e. The van der Waals surface area contributed by atoms with Crippen LogP contribution >= 0.6 is 0 Å². The number of carbonyl (C=O) groups excluding carboxylic acids is 3. The van der Waals surface area contributed by atoms with Gasteiger partial charge in [-0.05, 0) is 71.9 Å². The van der Waals surface area contributed by atoms with E-state index in [2.05, 4.69) is 11.4 Å². The number of hydrogen-bond donors (Lipinski definition) is 1. The van der Waals surface area contributed by atoms with E-state index in [-0.39, 0.29) is 30.6 Å². The minimum atomic E-state index is -4.64. The van der Waals surface area contributed by atoms with E-state index < -0.39 is 23.8 Å². The Balaban J connectivity index is 1.54. The number of allylic oxidation sites excluding steroid dienone is 1. The van der Waals surface area contributed by atoms with Gasteiger partial charge in [0.1, 0.15) is 0 Å². The predicted octanol–water partition coefficient (Wildman–Crippen LogP) is 6.50. The molecule has 0 aromatic heterocycles. The van der Waals surface area contributed by atoms with Crippen LogP contribution in [-0.4, -0.2) is 53.9 Å². The number of nitrogens with one attached hydrogen (secondary N) is 1. The van der Waals surface area contributed by atoms with Crippen LogP contribution < -0.4 is 10.2 Å². The summed E-state index contributed by atoms with van der Waals surface area (Å²) in [6.45, 7) is 4.32. The average molecular weight is 602 g/mol. The molecule has 11 heteroatoms. The van der Waals surface area contributed by atoms with Crippen molar-refractivity contribution in [2.75, 3.05) is 31.1 Å². The van der Waals surface area contributed by atoms with Crippen molar-refractivity contribution in [3.05, 3.63) is 95.2 Å². The van der Waals surface area contributed by atoms with Gasteiger partial charge in [0.05, 0.1) is 29.4 Å². The number of imide groups is 1. The van der Waals surface area contributed by atoms with Crippen LogP contribution in [0.5, 0.6) is 0 Å². The largest absolute Gasteiger partial charge is 0.416 e. The number of benzene rings is 3. The monoisotopic (exact) mass is 601 g/mol. The first-order chi connectivity index (χ1) is 21.0. The molecule has 2 aliphatic heterocycles. The Morgan fingerprint density at radius 2 is 1.73 bits per heavy atom. The Labute approximate surface area is 253 Å².